The molecule has 1 aromatic rings. The molecular weight excluding hydrogens is 264 g/mol. The summed E-state index contributed by atoms with van der Waals surface area (Å²) in [6.07, 6.45) is 5.00. The van der Waals surface area contributed by atoms with Crippen molar-refractivity contribution in [2.75, 3.05) is 6.54 Å². The van der Waals surface area contributed by atoms with E-state index in [1.807, 2.05) is 37.3 Å². The standard InChI is InChI=1S/C17H26N2O2/c1-13(12-16(20)15-8-3-2-4-9-15)19-17(21)18-11-10-14-6-5-7-14/h2-4,8-9,13-14,16,20H,5-7,10-12H2,1H3,(H2,18,19,21). The topological polar surface area (TPSA) is 61.4 Å². The number of carbonyl (C=O) groups is 1. The molecule has 0 aromatic heterocycles. The van der Waals surface area contributed by atoms with Gasteiger partial charge in [-0.3, -0.25) is 0 Å². The molecule has 116 valence electrons. The highest BCUT2D eigenvalue weighted by Gasteiger charge is 2.17. The van der Waals surface area contributed by atoms with E-state index in [1.165, 1.54) is 19.3 Å². The lowest BCUT2D eigenvalue weighted by Crippen LogP contribution is -2.42. The van der Waals surface area contributed by atoms with Crippen molar-refractivity contribution in [2.24, 2.45) is 5.92 Å². The summed E-state index contributed by atoms with van der Waals surface area (Å²) in [5.41, 5.74) is 0.886. The van der Waals surface area contributed by atoms with Crippen LogP contribution >= 0.6 is 0 Å². The minimum absolute atomic E-state index is 0.0658. The summed E-state index contributed by atoms with van der Waals surface area (Å²) in [6.45, 7) is 2.65. The molecule has 0 radical (unpaired) electrons. The summed E-state index contributed by atoms with van der Waals surface area (Å²) in [5.74, 6) is 0.808. The normalized spacial score (nSPS) is 17.6. The predicted molar refractivity (Wildman–Crippen MR) is 84.0 cm³/mol. The van der Waals surface area contributed by atoms with Crippen LogP contribution in [-0.2, 0) is 0 Å². The van der Waals surface area contributed by atoms with E-state index in [0.29, 0.717) is 6.42 Å². The molecule has 4 heteroatoms. The van der Waals surface area contributed by atoms with Gasteiger partial charge in [-0.15, -0.1) is 0 Å². The van der Waals surface area contributed by atoms with Gasteiger partial charge in [0.2, 0.25) is 0 Å². The van der Waals surface area contributed by atoms with Crippen LogP contribution in [0.3, 0.4) is 0 Å². The number of rotatable bonds is 7. The van der Waals surface area contributed by atoms with Gasteiger partial charge < -0.3 is 15.7 Å². The summed E-state index contributed by atoms with van der Waals surface area (Å²) in [4.78, 5) is 11.8. The molecule has 0 bridgehead atoms. The highest BCUT2D eigenvalue weighted by atomic mass is 16.3. The zero-order valence-electron chi connectivity index (χ0n) is 12.7. The van der Waals surface area contributed by atoms with Crippen molar-refractivity contribution in [3.05, 3.63) is 35.9 Å². The maximum Gasteiger partial charge on any atom is 0.314 e. The molecule has 2 unspecified atom stereocenters. The first-order chi connectivity index (χ1) is 10.1. The average Bonchev–Trinajstić information content (AvgIpc) is 2.42. The second kappa shape index (κ2) is 8.03. The van der Waals surface area contributed by atoms with Gasteiger partial charge in [0.1, 0.15) is 0 Å². The summed E-state index contributed by atoms with van der Waals surface area (Å²) in [6, 6.07) is 9.33. The smallest absolute Gasteiger partial charge is 0.314 e. The molecule has 21 heavy (non-hydrogen) atoms. The number of hydrogen-bond donors (Lipinski definition) is 3. The largest absolute Gasteiger partial charge is 0.388 e. The SMILES string of the molecule is CC(CC(O)c1ccccc1)NC(=O)NCCC1CCC1. The lowest BCUT2D eigenvalue weighted by molar-refractivity contribution is 0.154. The van der Waals surface area contributed by atoms with Gasteiger partial charge in [-0.05, 0) is 31.2 Å². The number of urea groups is 1. The van der Waals surface area contributed by atoms with Crippen molar-refractivity contribution in [1.29, 1.82) is 0 Å². The second-order valence-electron chi connectivity index (χ2n) is 6.05. The molecule has 2 atom stereocenters. The van der Waals surface area contributed by atoms with Gasteiger partial charge in [0, 0.05) is 12.6 Å². The number of benzene rings is 1. The summed E-state index contributed by atoms with van der Waals surface area (Å²) < 4.78 is 0. The molecule has 3 N–H and O–H groups in total. The van der Waals surface area contributed by atoms with E-state index in [-0.39, 0.29) is 12.1 Å². The average molecular weight is 290 g/mol. The van der Waals surface area contributed by atoms with E-state index in [0.717, 1.165) is 24.4 Å². The van der Waals surface area contributed by atoms with Crippen LogP contribution < -0.4 is 10.6 Å². The van der Waals surface area contributed by atoms with E-state index in [2.05, 4.69) is 10.6 Å². The van der Waals surface area contributed by atoms with Crippen LogP contribution in [-0.4, -0.2) is 23.7 Å². The minimum Gasteiger partial charge on any atom is -0.388 e. The Morgan fingerprint density at radius 2 is 2.05 bits per heavy atom. The highest BCUT2D eigenvalue weighted by molar-refractivity contribution is 5.74. The molecule has 0 spiro atoms. The van der Waals surface area contributed by atoms with Gasteiger partial charge in [0.15, 0.2) is 0 Å². The van der Waals surface area contributed by atoms with E-state index in [4.69, 9.17) is 0 Å². The Bertz CT molecular complexity index is 432. The van der Waals surface area contributed by atoms with E-state index in [9.17, 15) is 9.90 Å². The van der Waals surface area contributed by atoms with E-state index >= 15 is 0 Å². The molecule has 1 saturated carbocycles. The van der Waals surface area contributed by atoms with Gasteiger partial charge in [-0.25, -0.2) is 4.79 Å². The third kappa shape index (κ3) is 5.38. The molecular formula is C17H26N2O2. The lowest BCUT2D eigenvalue weighted by Gasteiger charge is -2.25. The summed E-state index contributed by atoms with van der Waals surface area (Å²) >= 11 is 0. The Balaban J connectivity index is 1.63. The van der Waals surface area contributed by atoms with Crippen molar-refractivity contribution in [3.63, 3.8) is 0 Å². The number of amides is 2. The van der Waals surface area contributed by atoms with Gasteiger partial charge in [-0.1, -0.05) is 49.6 Å². The van der Waals surface area contributed by atoms with Crippen LogP contribution in [0.25, 0.3) is 0 Å². The monoisotopic (exact) mass is 290 g/mol. The Labute approximate surface area is 126 Å². The van der Waals surface area contributed by atoms with Gasteiger partial charge in [-0.2, -0.15) is 0 Å². The van der Waals surface area contributed by atoms with Gasteiger partial charge in [0.05, 0.1) is 6.10 Å². The van der Waals surface area contributed by atoms with Crippen LogP contribution in [0.1, 0.15) is 50.7 Å². The van der Waals surface area contributed by atoms with Crippen molar-refractivity contribution < 1.29 is 9.90 Å². The number of hydrogen-bond acceptors (Lipinski definition) is 2. The Hall–Kier alpha value is -1.55. The van der Waals surface area contributed by atoms with Crippen LogP contribution in [0.4, 0.5) is 4.79 Å². The quantitative estimate of drug-likeness (QED) is 0.723. The Morgan fingerprint density at radius 1 is 1.33 bits per heavy atom. The molecule has 1 aromatic carbocycles. The van der Waals surface area contributed by atoms with E-state index < -0.39 is 6.10 Å². The van der Waals surface area contributed by atoms with Crippen LogP contribution in [0, 0.1) is 5.92 Å². The zero-order chi connectivity index (χ0) is 15.1. The maximum absolute atomic E-state index is 11.8. The molecule has 1 aliphatic carbocycles. The fourth-order valence-corrected chi connectivity index (χ4v) is 2.65. The predicted octanol–water partition coefficient (Wildman–Crippen LogP) is 2.99. The second-order valence-corrected chi connectivity index (χ2v) is 6.05. The number of aliphatic hydroxyl groups excluding tert-OH is 1. The maximum atomic E-state index is 11.8. The van der Waals surface area contributed by atoms with Crippen molar-refractivity contribution in [2.45, 2.75) is 51.2 Å². The molecule has 0 aliphatic heterocycles. The first-order valence-corrected chi connectivity index (χ1v) is 7.92. The van der Waals surface area contributed by atoms with E-state index in [1.54, 1.807) is 0 Å². The Morgan fingerprint density at radius 3 is 2.67 bits per heavy atom. The zero-order valence-corrected chi connectivity index (χ0v) is 12.7. The fourth-order valence-electron chi connectivity index (χ4n) is 2.65. The lowest BCUT2D eigenvalue weighted by atomic mass is 9.83. The number of carbonyl (C=O) groups excluding carboxylic acids is 1. The first kappa shape index (κ1) is 15.8. The van der Waals surface area contributed by atoms with Gasteiger partial charge in [0.25, 0.3) is 0 Å². The van der Waals surface area contributed by atoms with Crippen LogP contribution in [0.5, 0.6) is 0 Å². The fraction of sp³-hybridized carbons (Fsp3) is 0.588. The van der Waals surface area contributed by atoms with Crippen molar-refractivity contribution in [1.82, 2.24) is 10.6 Å². The molecule has 0 saturated heterocycles. The molecule has 1 aliphatic rings. The molecule has 2 rings (SSSR count). The minimum atomic E-state index is -0.545. The summed E-state index contributed by atoms with van der Waals surface area (Å²) in [7, 11) is 0. The Kier molecular flexibility index (Phi) is 6.05. The van der Waals surface area contributed by atoms with Crippen LogP contribution in [0.15, 0.2) is 30.3 Å². The van der Waals surface area contributed by atoms with Gasteiger partial charge >= 0.3 is 6.03 Å². The van der Waals surface area contributed by atoms with Crippen LogP contribution in [0.2, 0.25) is 0 Å². The number of nitrogens with one attached hydrogen (secondary N) is 2. The third-order valence-corrected chi connectivity index (χ3v) is 4.20. The third-order valence-electron chi connectivity index (χ3n) is 4.20. The molecule has 0 heterocycles. The molecule has 1 fully saturated rings. The highest BCUT2D eigenvalue weighted by Crippen LogP contribution is 2.28. The van der Waals surface area contributed by atoms with Crippen molar-refractivity contribution >= 4 is 6.03 Å². The first-order valence-electron chi connectivity index (χ1n) is 7.92. The summed E-state index contributed by atoms with van der Waals surface area (Å²) in [5, 5.41) is 15.9. The molecule has 2 amide bonds. The molecule has 4 nitrogen and oxygen atoms in total. The number of aliphatic hydroxyl groups is 1. The van der Waals surface area contributed by atoms with Crippen molar-refractivity contribution in [3.8, 4) is 0 Å².